The number of nitrogens with zero attached hydrogens (tertiary/aromatic N) is 2. The van der Waals surface area contributed by atoms with Crippen LogP contribution < -0.4 is 17.0 Å². The lowest BCUT2D eigenvalue weighted by molar-refractivity contribution is -0.0530. The molecule has 1 aromatic heterocycles. The number of hydrogen-bond donors (Lipinski definition) is 4. The first-order valence-corrected chi connectivity index (χ1v) is 5.33. The van der Waals surface area contributed by atoms with Crippen molar-refractivity contribution >= 4 is 0 Å². The highest BCUT2D eigenvalue weighted by Gasteiger charge is 2.54. The minimum Gasteiger partial charge on any atom is -0.394 e. The molecule has 1 fully saturated rings. The van der Waals surface area contributed by atoms with Crippen molar-refractivity contribution in [3.05, 3.63) is 27.0 Å². The molecular weight excluding hydrogens is 256 g/mol. The van der Waals surface area contributed by atoms with Gasteiger partial charge in [-0.1, -0.05) is 5.92 Å². The van der Waals surface area contributed by atoms with Crippen LogP contribution in [-0.4, -0.2) is 49.3 Å². The Kier molecular flexibility index (Phi) is 3.25. The largest absolute Gasteiger partial charge is 0.394 e. The number of H-pyrrole nitrogens is 1. The molecule has 0 radical (unpaired) electrons. The van der Waals surface area contributed by atoms with E-state index in [1.807, 2.05) is 4.98 Å². The van der Waals surface area contributed by atoms with E-state index in [1.165, 1.54) is 0 Å². The molecule has 1 saturated heterocycles. The van der Waals surface area contributed by atoms with E-state index in [9.17, 15) is 14.7 Å². The van der Waals surface area contributed by atoms with Crippen LogP contribution in [0.4, 0.5) is 0 Å². The van der Waals surface area contributed by atoms with Crippen molar-refractivity contribution in [1.29, 1.82) is 0 Å². The predicted molar refractivity (Wildman–Crippen MR) is 61.9 cm³/mol. The lowest BCUT2D eigenvalue weighted by Crippen LogP contribution is -2.55. The summed E-state index contributed by atoms with van der Waals surface area (Å²) < 4.78 is 5.97. The highest BCUT2D eigenvalue weighted by Crippen LogP contribution is 2.34. The Hall–Kier alpha value is -1.99. The van der Waals surface area contributed by atoms with Crippen LogP contribution in [0, 0.1) is 12.3 Å². The third-order valence-corrected chi connectivity index (χ3v) is 2.94. The fraction of sp³-hybridized carbons (Fsp3) is 0.500. The molecule has 0 aromatic carbocycles. The summed E-state index contributed by atoms with van der Waals surface area (Å²) in [5, 5.41) is 22.6. The summed E-state index contributed by atoms with van der Waals surface area (Å²) in [7, 11) is 0. The normalized spacial score (nSPS) is 34.1. The van der Waals surface area contributed by atoms with Gasteiger partial charge in [-0.25, -0.2) is 4.79 Å². The highest BCUT2D eigenvalue weighted by atomic mass is 16.5. The minimum atomic E-state index is -1.75. The Balaban J connectivity index is 2.52. The third-order valence-electron chi connectivity index (χ3n) is 2.94. The van der Waals surface area contributed by atoms with Gasteiger partial charge in [0.25, 0.3) is 5.56 Å². The quantitative estimate of drug-likeness (QED) is 0.407. The summed E-state index contributed by atoms with van der Waals surface area (Å²) in [6.07, 6.45) is 2.39. The molecule has 0 bridgehead atoms. The van der Waals surface area contributed by atoms with E-state index in [0.29, 0.717) is 0 Å². The fourth-order valence-electron chi connectivity index (χ4n) is 1.89. The first-order chi connectivity index (χ1) is 8.93. The van der Waals surface area contributed by atoms with Crippen LogP contribution in [0.2, 0.25) is 0 Å². The third kappa shape index (κ3) is 1.96. The van der Waals surface area contributed by atoms with Gasteiger partial charge in [0.15, 0.2) is 11.8 Å². The number of nitrogens with one attached hydrogen (secondary N) is 1. The van der Waals surface area contributed by atoms with Gasteiger partial charge >= 0.3 is 5.69 Å². The van der Waals surface area contributed by atoms with Gasteiger partial charge in [-0.3, -0.25) is 9.78 Å². The second kappa shape index (κ2) is 4.60. The van der Waals surface area contributed by atoms with E-state index in [0.717, 1.165) is 10.9 Å². The number of aromatic nitrogens is 3. The molecule has 9 nitrogen and oxygen atoms in total. The molecule has 19 heavy (non-hydrogen) atoms. The van der Waals surface area contributed by atoms with Crippen molar-refractivity contribution in [3.8, 4) is 12.3 Å². The van der Waals surface area contributed by atoms with E-state index < -0.39 is 41.8 Å². The molecule has 4 atom stereocenters. The van der Waals surface area contributed by atoms with Crippen molar-refractivity contribution in [1.82, 2.24) is 14.8 Å². The summed E-state index contributed by atoms with van der Waals surface area (Å²) in [5.41, 5.74) is 2.52. The highest BCUT2D eigenvalue weighted by molar-refractivity contribution is 5.22. The van der Waals surface area contributed by atoms with Crippen LogP contribution in [-0.2, 0) is 4.74 Å². The second-order valence-electron chi connectivity index (χ2n) is 4.12. The van der Waals surface area contributed by atoms with Crippen LogP contribution in [0.5, 0.6) is 0 Å². The van der Waals surface area contributed by atoms with Crippen LogP contribution in [0.15, 0.2) is 15.8 Å². The summed E-state index contributed by atoms with van der Waals surface area (Å²) in [5.74, 6) is 2.14. The van der Waals surface area contributed by atoms with Crippen molar-refractivity contribution < 1.29 is 14.9 Å². The summed E-state index contributed by atoms with van der Waals surface area (Å²) >= 11 is 0. The molecule has 2 rings (SSSR count). The van der Waals surface area contributed by atoms with E-state index in [2.05, 4.69) is 11.0 Å². The molecule has 102 valence electrons. The van der Waals surface area contributed by atoms with Crippen molar-refractivity contribution in [2.24, 2.45) is 5.73 Å². The molecule has 0 saturated carbocycles. The van der Waals surface area contributed by atoms with Crippen molar-refractivity contribution in [2.45, 2.75) is 24.0 Å². The monoisotopic (exact) mass is 268 g/mol. The Labute approximate surface area is 106 Å². The molecule has 1 aliphatic rings. The second-order valence-corrected chi connectivity index (χ2v) is 4.12. The maximum absolute atomic E-state index is 11.6. The van der Waals surface area contributed by atoms with E-state index in [4.69, 9.17) is 22.0 Å². The Morgan fingerprint density at radius 3 is 2.89 bits per heavy atom. The summed E-state index contributed by atoms with van der Waals surface area (Å²) in [4.78, 5) is 24.5. The number of aromatic amines is 1. The van der Waals surface area contributed by atoms with E-state index in [1.54, 1.807) is 0 Å². The maximum atomic E-state index is 11.6. The first kappa shape index (κ1) is 13.4. The topological polar surface area (TPSA) is 143 Å². The molecule has 4 unspecified atom stereocenters. The van der Waals surface area contributed by atoms with E-state index >= 15 is 0 Å². The van der Waals surface area contributed by atoms with Gasteiger partial charge in [-0.2, -0.15) is 9.78 Å². The number of aliphatic hydroxyl groups is 2. The number of ether oxygens (including phenoxy) is 1. The van der Waals surface area contributed by atoms with Gasteiger partial charge < -0.3 is 20.7 Å². The SMILES string of the molecule is C#CC1(N)C(O)C(CO)OC1n1ncc(=O)[nH]c1=O. The molecule has 0 amide bonds. The lowest BCUT2D eigenvalue weighted by atomic mass is 9.92. The zero-order valence-corrected chi connectivity index (χ0v) is 9.68. The van der Waals surface area contributed by atoms with Gasteiger partial charge in [-0.05, 0) is 0 Å². The van der Waals surface area contributed by atoms with Crippen molar-refractivity contribution in [3.63, 3.8) is 0 Å². The van der Waals surface area contributed by atoms with Gasteiger partial charge in [0.1, 0.15) is 18.4 Å². The number of terminal acetylenes is 1. The summed E-state index contributed by atoms with van der Waals surface area (Å²) in [6, 6.07) is 0. The molecule has 0 aliphatic carbocycles. The molecule has 9 heteroatoms. The molecule has 1 aliphatic heterocycles. The van der Waals surface area contributed by atoms with E-state index in [-0.39, 0.29) is 0 Å². The number of rotatable bonds is 2. The predicted octanol–water partition coefficient (Wildman–Crippen LogP) is -3.49. The van der Waals surface area contributed by atoms with Crippen LogP contribution >= 0.6 is 0 Å². The Morgan fingerprint density at radius 1 is 1.68 bits per heavy atom. The zero-order valence-electron chi connectivity index (χ0n) is 9.68. The molecule has 1 aromatic rings. The number of aliphatic hydroxyl groups excluding tert-OH is 2. The Bertz CT molecular complexity index is 632. The van der Waals surface area contributed by atoms with Crippen LogP contribution in [0.1, 0.15) is 6.23 Å². The molecule has 0 spiro atoms. The maximum Gasteiger partial charge on any atom is 0.347 e. The van der Waals surface area contributed by atoms with Crippen LogP contribution in [0.25, 0.3) is 0 Å². The smallest absolute Gasteiger partial charge is 0.347 e. The van der Waals surface area contributed by atoms with Gasteiger partial charge in [0, 0.05) is 0 Å². The average molecular weight is 268 g/mol. The average Bonchev–Trinajstić information content (AvgIpc) is 2.63. The van der Waals surface area contributed by atoms with Gasteiger partial charge in [-0.15, -0.1) is 6.42 Å². The number of nitrogens with two attached hydrogens (primary N) is 1. The molecular formula is C10H12N4O5. The van der Waals surface area contributed by atoms with Gasteiger partial charge in [0.2, 0.25) is 0 Å². The van der Waals surface area contributed by atoms with Gasteiger partial charge in [0.05, 0.1) is 6.61 Å². The fourth-order valence-corrected chi connectivity index (χ4v) is 1.89. The lowest BCUT2D eigenvalue weighted by Gasteiger charge is -2.26. The molecule has 2 heterocycles. The van der Waals surface area contributed by atoms with Crippen LogP contribution in [0.3, 0.4) is 0 Å². The first-order valence-electron chi connectivity index (χ1n) is 5.33. The van der Waals surface area contributed by atoms with Crippen molar-refractivity contribution in [2.75, 3.05) is 6.61 Å². The minimum absolute atomic E-state index is 0.531. The summed E-state index contributed by atoms with van der Waals surface area (Å²) in [6.45, 7) is -0.531. The molecule has 5 N–H and O–H groups in total. The number of hydrogen-bond acceptors (Lipinski definition) is 7. The standard InChI is InChI=1S/C10H12N4O5/c1-2-10(11)7(17)5(4-15)19-8(10)14-9(18)13-6(16)3-12-14/h1,3,5,7-8,15,17H,4,11H2,(H,13,16,18). The Morgan fingerprint density at radius 2 is 2.37 bits per heavy atom. The zero-order chi connectivity index (χ0) is 14.2.